The van der Waals surface area contributed by atoms with Crippen LogP contribution >= 0.6 is 0 Å². The molecule has 0 amide bonds. The summed E-state index contributed by atoms with van der Waals surface area (Å²) in [5.41, 5.74) is 1.54. The van der Waals surface area contributed by atoms with E-state index in [0.29, 0.717) is 5.71 Å². The van der Waals surface area contributed by atoms with E-state index in [2.05, 4.69) is 5.16 Å². The van der Waals surface area contributed by atoms with Gasteiger partial charge in [0.15, 0.2) is 0 Å². The number of rotatable bonds is 3. The summed E-state index contributed by atoms with van der Waals surface area (Å²) >= 11 is 0. The van der Waals surface area contributed by atoms with Gasteiger partial charge in [0.05, 0.1) is 5.71 Å². The SMILES string of the molecule is COC(C(C)=NO)c1ccccc1. The van der Waals surface area contributed by atoms with Crippen molar-refractivity contribution in [1.29, 1.82) is 0 Å². The molecule has 0 heterocycles. The van der Waals surface area contributed by atoms with Gasteiger partial charge in [0.1, 0.15) is 6.10 Å². The van der Waals surface area contributed by atoms with Gasteiger partial charge in [0, 0.05) is 7.11 Å². The van der Waals surface area contributed by atoms with Crippen molar-refractivity contribution >= 4 is 5.71 Å². The number of ether oxygens (including phenoxy) is 1. The third-order valence-electron chi connectivity index (χ3n) is 1.88. The Hall–Kier alpha value is -1.35. The van der Waals surface area contributed by atoms with Crippen molar-refractivity contribution in [2.24, 2.45) is 5.16 Å². The molecular formula is C10H13NO2. The van der Waals surface area contributed by atoms with Crippen LogP contribution in [0.3, 0.4) is 0 Å². The summed E-state index contributed by atoms with van der Waals surface area (Å²) in [6.07, 6.45) is -0.258. The van der Waals surface area contributed by atoms with Crippen LogP contribution in [0.15, 0.2) is 35.5 Å². The first-order valence-corrected chi connectivity index (χ1v) is 4.06. The van der Waals surface area contributed by atoms with Crippen molar-refractivity contribution in [2.75, 3.05) is 7.11 Å². The lowest BCUT2D eigenvalue weighted by molar-refractivity contribution is 0.152. The zero-order chi connectivity index (χ0) is 9.68. The van der Waals surface area contributed by atoms with Crippen molar-refractivity contribution in [2.45, 2.75) is 13.0 Å². The van der Waals surface area contributed by atoms with Crippen LogP contribution in [0.25, 0.3) is 0 Å². The molecule has 1 aromatic rings. The fraction of sp³-hybridized carbons (Fsp3) is 0.300. The molecule has 0 bridgehead atoms. The molecule has 3 nitrogen and oxygen atoms in total. The second-order valence-electron chi connectivity index (χ2n) is 2.77. The lowest BCUT2D eigenvalue weighted by Crippen LogP contribution is -2.11. The van der Waals surface area contributed by atoms with Gasteiger partial charge < -0.3 is 9.94 Å². The smallest absolute Gasteiger partial charge is 0.123 e. The predicted molar refractivity (Wildman–Crippen MR) is 51.1 cm³/mol. The van der Waals surface area contributed by atoms with Gasteiger partial charge in [-0.3, -0.25) is 0 Å². The molecule has 0 aliphatic heterocycles. The van der Waals surface area contributed by atoms with E-state index >= 15 is 0 Å². The van der Waals surface area contributed by atoms with E-state index in [4.69, 9.17) is 9.94 Å². The Morgan fingerprint density at radius 2 is 2.00 bits per heavy atom. The molecule has 0 aromatic heterocycles. The van der Waals surface area contributed by atoms with Gasteiger partial charge in [-0.15, -0.1) is 0 Å². The molecule has 1 unspecified atom stereocenters. The molecule has 1 aromatic carbocycles. The summed E-state index contributed by atoms with van der Waals surface area (Å²) in [5.74, 6) is 0. The molecule has 0 aliphatic rings. The molecule has 3 heteroatoms. The normalized spacial score (nSPS) is 14.2. The van der Waals surface area contributed by atoms with Crippen LogP contribution in [0, 0.1) is 0 Å². The van der Waals surface area contributed by atoms with Crippen molar-refractivity contribution < 1.29 is 9.94 Å². The highest BCUT2D eigenvalue weighted by atomic mass is 16.5. The first kappa shape index (κ1) is 9.74. The molecular weight excluding hydrogens is 166 g/mol. The average Bonchev–Trinajstić information content (AvgIpc) is 2.20. The summed E-state index contributed by atoms with van der Waals surface area (Å²) in [7, 11) is 1.59. The number of oxime groups is 1. The maximum Gasteiger partial charge on any atom is 0.123 e. The minimum atomic E-state index is -0.258. The minimum absolute atomic E-state index is 0.258. The molecule has 0 fully saturated rings. The van der Waals surface area contributed by atoms with Crippen LogP contribution < -0.4 is 0 Å². The Kier molecular flexibility index (Phi) is 3.46. The highest BCUT2D eigenvalue weighted by molar-refractivity contribution is 5.86. The Bertz CT molecular complexity index is 282. The maximum atomic E-state index is 8.61. The minimum Gasteiger partial charge on any atom is -0.411 e. The highest BCUT2D eigenvalue weighted by Crippen LogP contribution is 2.17. The number of methoxy groups -OCH3 is 1. The van der Waals surface area contributed by atoms with Gasteiger partial charge in [-0.25, -0.2) is 0 Å². The lowest BCUT2D eigenvalue weighted by atomic mass is 10.1. The van der Waals surface area contributed by atoms with Crippen molar-refractivity contribution in [3.63, 3.8) is 0 Å². The maximum absolute atomic E-state index is 8.61. The summed E-state index contributed by atoms with van der Waals surface area (Å²) in [5, 5.41) is 11.7. The number of hydrogen-bond donors (Lipinski definition) is 1. The number of hydrogen-bond acceptors (Lipinski definition) is 3. The van der Waals surface area contributed by atoms with Crippen molar-refractivity contribution in [3.8, 4) is 0 Å². The van der Waals surface area contributed by atoms with Crippen LogP contribution in [0.4, 0.5) is 0 Å². The second-order valence-corrected chi connectivity index (χ2v) is 2.77. The molecule has 0 saturated heterocycles. The molecule has 0 aliphatic carbocycles. The first-order chi connectivity index (χ1) is 6.29. The summed E-state index contributed by atoms with van der Waals surface area (Å²) in [6.45, 7) is 1.72. The fourth-order valence-corrected chi connectivity index (χ4v) is 1.23. The number of benzene rings is 1. The fourth-order valence-electron chi connectivity index (χ4n) is 1.23. The van der Waals surface area contributed by atoms with E-state index in [1.165, 1.54) is 0 Å². The molecule has 70 valence electrons. The monoisotopic (exact) mass is 179 g/mol. The average molecular weight is 179 g/mol. The van der Waals surface area contributed by atoms with Gasteiger partial charge >= 0.3 is 0 Å². The molecule has 1 N–H and O–H groups in total. The zero-order valence-corrected chi connectivity index (χ0v) is 7.77. The Morgan fingerprint density at radius 1 is 1.38 bits per heavy atom. The zero-order valence-electron chi connectivity index (χ0n) is 7.77. The quantitative estimate of drug-likeness (QED) is 0.439. The summed E-state index contributed by atoms with van der Waals surface area (Å²) in [6, 6.07) is 9.64. The molecule has 0 spiro atoms. The predicted octanol–water partition coefficient (Wildman–Crippen LogP) is 2.22. The van der Waals surface area contributed by atoms with Gasteiger partial charge in [-0.2, -0.15) is 0 Å². The molecule has 1 atom stereocenters. The van der Waals surface area contributed by atoms with Crippen molar-refractivity contribution in [1.82, 2.24) is 0 Å². The molecule has 1 rings (SSSR count). The molecule has 0 saturated carbocycles. The molecule has 13 heavy (non-hydrogen) atoms. The third kappa shape index (κ3) is 2.29. The van der Waals surface area contributed by atoms with Crippen LogP contribution in [0.1, 0.15) is 18.6 Å². The van der Waals surface area contributed by atoms with Crippen LogP contribution in [0.5, 0.6) is 0 Å². The van der Waals surface area contributed by atoms with Crippen LogP contribution in [-0.2, 0) is 4.74 Å². The summed E-state index contributed by atoms with van der Waals surface area (Å²) in [4.78, 5) is 0. The Balaban J connectivity index is 2.91. The van der Waals surface area contributed by atoms with E-state index < -0.39 is 0 Å². The van der Waals surface area contributed by atoms with Gasteiger partial charge in [-0.1, -0.05) is 35.5 Å². The third-order valence-corrected chi connectivity index (χ3v) is 1.88. The van der Waals surface area contributed by atoms with Gasteiger partial charge in [-0.05, 0) is 12.5 Å². The largest absolute Gasteiger partial charge is 0.411 e. The second kappa shape index (κ2) is 4.62. The van der Waals surface area contributed by atoms with E-state index in [1.54, 1.807) is 14.0 Å². The van der Waals surface area contributed by atoms with Crippen molar-refractivity contribution in [3.05, 3.63) is 35.9 Å². The Morgan fingerprint density at radius 3 is 2.46 bits per heavy atom. The van der Waals surface area contributed by atoms with Crippen LogP contribution in [0.2, 0.25) is 0 Å². The molecule has 0 radical (unpaired) electrons. The van der Waals surface area contributed by atoms with E-state index in [9.17, 15) is 0 Å². The Labute approximate surface area is 77.6 Å². The topological polar surface area (TPSA) is 41.8 Å². The van der Waals surface area contributed by atoms with Crippen LogP contribution in [-0.4, -0.2) is 18.0 Å². The highest BCUT2D eigenvalue weighted by Gasteiger charge is 2.13. The van der Waals surface area contributed by atoms with E-state index in [0.717, 1.165) is 5.56 Å². The van der Waals surface area contributed by atoms with E-state index in [1.807, 2.05) is 30.3 Å². The van der Waals surface area contributed by atoms with Gasteiger partial charge in [0.25, 0.3) is 0 Å². The number of nitrogens with zero attached hydrogens (tertiary/aromatic N) is 1. The van der Waals surface area contributed by atoms with Gasteiger partial charge in [0.2, 0.25) is 0 Å². The standard InChI is InChI=1S/C10H13NO2/c1-8(11-12)10(13-2)9-6-4-3-5-7-9/h3-7,10,12H,1-2H3. The lowest BCUT2D eigenvalue weighted by Gasteiger charge is -2.13. The summed E-state index contributed by atoms with van der Waals surface area (Å²) < 4.78 is 5.20. The first-order valence-electron chi connectivity index (χ1n) is 4.06. The van der Waals surface area contributed by atoms with E-state index in [-0.39, 0.29) is 6.10 Å².